The number of nitrogens with one attached hydrogen (secondary N) is 1. The molecule has 4 heteroatoms. The van der Waals surface area contributed by atoms with Gasteiger partial charge in [-0.05, 0) is 55.9 Å². The number of carbonyl (C=O) groups is 1. The molecule has 0 saturated carbocycles. The maximum Gasteiger partial charge on any atom is 0.254 e. The number of fused-ring (bicyclic) bond motifs is 1. The van der Waals surface area contributed by atoms with Crippen LogP contribution < -0.4 is 0 Å². The van der Waals surface area contributed by atoms with Crippen LogP contribution in [-0.4, -0.2) is 28.9 Å². The molecule has 131 valence electrons. The quantitative estimate of drug-likeness (QED) is 0.628. The average molecular weight is 420 g/mol. The van der Waals surface area contributed by atoms with Crippen LogP contribution in [-0.2, 0) is 39.1 Å². The van der Waals surface area contributed by atoms with Gasteiger partial charge in [-0.25, -0.2) is 0 Å². The Hall–Kier alpha value is -1.45. The van der Waals surface area contributed by atoms with Crippen LogP contribution in [0.4, 0.5) is 0 Å². The summed E-state index contributed by atoms with van der Waals surface area (Å²) in [6.45, 7) is 3.73. The van der Waals surface area contributed by atoms with Gasteiger partial charge in [0.2, 0.25) is 0 Å². The van der Waals surface area contributed by atoms with Crippen LogP contribution in [0.1, 0.15) is 34.3 Å². The zero-order valence-electron chi connectivity index (χ0n) is 15.2. The Morgan fingerprint density at radius 2 is 1.92 bits per heavy atom. The van der Waals surface area contributed by atoms with Gasteiger partial charge in [0.1, 0.15) is 0 Å². The standard InChI is InChI=1S/C22H23N2O.Y/c1-16-13-21-19(7-10-23-21)15-20(16)22(25)24-11-8-18(9-12-24)14-17-5-3-2-4-6-17;/h3-7,10,13,15,18,23H,8-9,11-12,14H2,1H3;/q-1;. The molecule has 1 fully saturated rings. The average Bonchev–Trinajstić information content (AvgIpc) is 3.09. The number of rotatable bonds is 3. The van der Waals surface area contributed by atoms with E-state index >= 15 is 0 Å². The molecular formula is C22H23N2OY-. The first kappa shape index (κ1) is 19.3. The molecule has 0 atom stereocenters. The van der Waals surface area contributed by atoms with Gasteiger partial charge in [0.05, 0.1) is 0 Å². The Morgan fingerprint density at radius 3 is 2.65 bits per heavy atom. The third-order valence-electron chi connectivity index (χ3n) is 5.34. The first-order chi connectivity index (χ1) is 12.2. The molecular weight excluding hydrogens is 397 g/mol. The smallest absolute Gasteiger partial charge is 0.254 e. The summed E-state index contributed by atoms with van der Waals surface area (Å²) in [6, 6.07) is 17.4. The Labute approximate surface area is 180 Å². The van der Waals surface area contributed by atoms with Gasteiger partial charge in [0.25, 0.3) is 5.91 Å². The van der Waals surface area contributed by atoms with E-state index < -0.39 is 0 Å². The minimum atomic E-state index is 0. The van der Waals surface area contributed by atoms with E-state index in [-0.39, 0.29) is 38.6 Å². The van der Waals surface area contributed by atoms with E-state index in [2.05, 4.69) is 29.2 Å². The molecule has 0 spiro atoms. The van der Waals surface area contributed by atoms with Gasteiger partial charge in [0.15, 0.2) is 0 Å². The van der Waals surface area contributed by atoms with Crippen molar-refractivity contribution in [2.24, 2.45) is 5.92 Å². The Kier molecular flexibility index (Phi) is 6.31. The van der Waals surface area contributed by atoms with Gasteiger partial charge >= 0.3 is 0 Å². The van der Waals surface area contributed by atoms with E-state index in [1.807, 2.05) is 42.3 Å². The van der Waals surface area contributed by atoms with Gasteiger partial charge in [-0.1, -0.05) is 0 Å². The normalized spacial score (nSPS) is 15.0. The predicted octanol–water partition coefficient (Wildman–Crippen LogP) is 4.37. The number of nitrogens with zero attached hydrogens (tertiary/aromatic N) is 1. The van der Waals surface area contributed by atoms with Gasteiger partial charge < -0.3 is 9.88 Å². The summed E-state index contributed by atoms with van der Waals surface area (Å²) in [7, 11) is 0. The second-order valence-electron chi connectivity index (χ2n) is 7.08. The van der Waals surface area contributed by atoms with Crippen molar-refractivity contribution in [1.82, 2.24) is 9.88 Å². The van der Waals surface area contributed by atoms with Crippen molar-refractivity contribution in [3.8, 4) is 0 Å². The van der Waals surface area contributed by atoms with Crippen LogP contribution in [0.15, 0.2) is 48.7 Å². The summed E-state index contributed by atoms with van der Waals surface area (Å²) >= 11 is 0. The minimum Gasteiger partial charge on any atom is -0.361 e. The number of aromatic amines is 1. The van der Waals surface area contributed by atoms with E-state index in [0.29, 0.717) is 5.92 Å². The number of piperidine rings is 1. The van der Waals surface area contributed by atoms with Crippen molar-refractivity contribution in [3.05, 3.63) is 71.4 Å². The molecule has 26 heavy (non-hydrogen) atoms. The number of carbonyl (C=O) groups excluding carboxylic acids is 1. The fraction of sp³-hybridized carbons (Fsp3) is 0.318. The van der Waals surface area contributed by atoms with Crippen LogP contribution in [0.2, 0.25) is 0 Å². The zero-order chi connectivity index (χ0) is 17.2. The molecule has 1 aliphatic rings. The maximum atomic E-state index is 13.0. The van der Waals surface area contributed by atoms with Gasteiger partial charge in [0, 0.05) is 68.5 Å². The number of amides is 1. The molecule has 3 aromatic rings. The van der Waals surface area contributed by atoms with Crippen molar-refractivity contribution >= 4 is 16.8 Å². The number of hydrogen-bond donors (Lipinski definition) is 1. The third-order valence-corrected chi connectivity index (χ3v) is 5.34. The Balaban J connectivity index is 0.00000196. The molecule has 1 aliphatic heterocycles. The molecule has 3 nitrogen and oxygen atoms in total. The molecule has 1 radical (unpaired) electrons. The first-order valence-electron chi connectivity index (χ1n) is 9.03. The molecule has 1 amide bonds. The number of hydrogen-bond acceptors (Lipinski definition) is 1. The Morgan fingerprint density at radius 1 is 1.19 bits per heavy atom. The number of aromatic nitrogens is 1. The second kappa shape index (κ2) is 8.50. The SMILES string of the molecule is Cc1cc2[nH]ccc2cc1C(=O)N1CCC(Cc2cc[c-]cc2)CC1.[Y]. The monoisotopic (exact) mass is 420 g/mol. The zero-order valence-corrected chi connectivity index (χ0v) is 18.0. The Bertz CT molecular complexity index is 880. The summed E-state index contributed by atoms with van der Waals surface area (Å²) in [5, 5.41) is 1.10. The van der Waals surface area contributed by atoms with Crippen molar-refractivity contribution in [2.45, 2.75) is 26.2 Å². The summed E-state index contributed by atoms with van der Waals surface area (Å²) in [5.41, 5.74) is 4.34. The molecule has 1 saturated heterocycles. The number of benzene rings is 2. The first-order valence-corrected chi connectivity index (χ1v) is 9.03. The molecule has 0 aliphatic carbocycles. The summed E-state index contributed by atoms with van der Waals surface area (Å²) in [4.78, 5) is 18.2. The summed E-state index contributed by atoms with van der Waals surface area (Å²) < 4.78 is 0. The van der Waals surface area contributed by atoms with Crippen LogP contribution in [0.3, 0.4) is 0 Å². The number of aryl methyl sites for hydroxylation is 1. The molecule has 1 N–H and O–H groups in total. The molecule has 4 rings (SSSR count). The molecule has 1 aromatic heterocycles. The molecule has 2 heterocycles. The number of H-pyrrole nitrogens is 1. The van der Waals surface area contributed by atoms with E-state index in [1.165, 1.54) is 5.56 Å². The minimum absolute atomic E-state index is 0. The van der Waals surface area contributed by atoms with Crippen LogP contribution >= 0.6 is 0 Å². The molecule has 0 bridgehead atoms. The van der Waals surface area contributed by atoms with E-state index in [9.17, 15) is 4.79 Å². The van der Waals surface area contributed by atoms with Crippen molar-refractivity contribution in [2.75, 3.05) is 13.1 Å². The topological polar surface area (TPSA) is 36.1 Å². The largest absolute Gasteiger partial charge is 0.361 e. The van der Waals surface area contributed by atoms with Gasteiger partial charge in [-0.3, -0.25) is 4.79 Å². The molecule has 2 aromatic carbocycles. The van der Waals surface area contributed by atoms with Crippen LogP contribution in [0.25, 0.3) is 10.9 Å². The van der Waals surface area contributed by atoms with Crippen molar-refractivity contribution in [3.63, 3.8) is 0 Å². The van der Waals surface area contributed by atoms with Crippen LogP contribution in [0, 0.1) is 18.9 Å². The fourth-order valence-electron chi connectivity index (χ4n) is 3.84. The third kappa shape index (κ3) is 4.10. The van der Waals surface area contributed by atoms with Crippen molar-refractivity contribution < 1.29 is 37.5 Å². The predicted molar refractivity (Wildman–Crippen MR) is 101 cm³/mol. The fourth-order valence-corrected chi connectivity index (χ4v) is 3.84. The maximum absolute atomic E-state index is 13.0. The van der Waals surface area contributed by atoms with Gasteiger partial charge in [-0.15, -0.1) is 0 Å². The van der Waals surface area contributed by atoms with Gasteiger partial charge in [-0.2, -0.15) is 35.9 Å². The van der Waals surface area contributed by atoms with Crippen LogP contribution in [0.5, 0.6) is 0 Å². The summed E-state index contributed by atoms with van der Waals surface area (Å²) in [5.74, 6) is 0.841. The number of likely N-dealkylation sites (tertiary alicyclic amines) is 1. The molecule has 0 unspecified atom stereocenters. The van der Waals surface area contributed by atoms with Crippen molar-refractivity contribution in [1.29, 1.82) is 0 Å². The summed E-state index contributed by atoms with van der Waals surface area (Å²) in [6.07, 6.45) is 5.18. The van der Waals surface area contributed by atoms with E-state index in [1.54, 1.807) is 0 Å². The van der Waals surface area contributed by atoms with E-state index in [0.717, 1.165) is 54.4 Å². The second-order valence-corrected chi connectivity index (χ2v) is 7.08. The van der Waals surface area contributed by atoms with E-state index in [4.69, 9.17) is 0 Å².